The molecule has 0 aliphatic carbocycles. The van der Waals surface area contributed by atoms with Crippen molar-refractivity contribution >= 4 is 15.9 Å². The number of halogens is 1. The summed E-state index contributed by atoms with van der Waals surface area (Å²) < 4.78 is 8.45. The van der Waals surface area contributed by atoms with E-state index in [9.17, 15) is 0 Å². The molecule has 0 radical (unpaired) electrons. The molecule has 0 spiro atoms. The molecule has 0 amide bonds. The van der Waals surface area contributed by atoms with Crippen molar-refractivity contribution in [1.29, 1.82) is 0 Å². The molecule has 0 bridgehead atoms. The summed E-state index contributed by atoms with van der Waals surface area (Å²) in [5.41, 5.74) is 2.28. The van der Waals surface area contributed by atoms with Crippen molar-refractivity contribution in [3.63, 3.8) is 0 Å². The number of hydrogen-bond acceptors (Lipinski definition) is 3. The smallest absolute Gasteiger partial charge is 0.0739 e. The van der Waals surface area contributed by atoms with Crippen LogP contribution < -0.4 is 5.32 Å². The number of aryl methyl sites for hydroxylation is 2. The van der Waals surface area contributed by atoms with E-state index in [-0.39, 0.29) is 0 Å². The Morgan fingerprint density at radius 2 is 2.18 bits per heavy atom. The molecular weight excluding hydrogens is 282 g/mol. The van der Waals surface area contributed by atoms with Crippen molar-refractivity contribution in [3.8, 4) is 0 Å². The SMILES string of the molecule is CCOCCCNCc1c(Br)c(C)nn1CC. The number of ether oxygens (including phenoxy) is 1. The zero-order valence-corrected chi connectivity index (χ0v) is 12.5. The van der Waals surface area contributed by atoms with Gasteiger partial charge < -0.3 is 10.1 Å². The topological polar surface area (TPSA) is 39.1 Å². The third kappa shape index (κ3) is 4.41. The lowest BCUT2D eigenvalue weighted by Crippen LogP contribution is -2.19. The Labute approximate surface area is 112 Å². The minimum absolute atomic E-state index is 0.799. The van der Waals surface area contributed by atoms with Crippen LogP contribution in [0.2, 0.25) is 0 Å². The maximum atomic E-state index is 5.29. The van der Waals surface area contributed by atoms with Gasteiger partial charge in [0.05, 0.1) is 15.9 Å². The molecule has 0 aliphatic heterocycles. The second kappa shape index (κ2) is 7.84. The Morgan fingerprint density at radius 1 is 1.41 bits per heavy atom. The van der Waals surface area contributed by atoms with Gasteiger partial charge in [0, 0.05) is 26.3 Å². The van der Waals surface area contributed by atoms with Crippen LogP contribution in [0, 0.1) is 6.92 Å². The van der Waals surface area contributed by atoms with Crippen LogP contribution in [0.1, 0.15) is 31.7 Å². The highest BCUT2D eigenvalue weighted by molar-refractivity contribution is 9.10. The molecule has 1 N–H and O–H groups in total. The molecule has 4 nitrogen and oxygen atoms in total. The first-order valence-corrected chi connectivity index (χ1v) is 7.00. The molecule has 0 saturated heterocycles. The van der Waals surface area contributed by atoms with Crippen LogP contribution in [-0.2, 0) is 17.8 Å². The van der Waals surface area contributed by atoms with Gasteiger partial charge in [-0.2, -0.15) is 5.10 Å². The van der Waals surface area contributed by atoms with Crippen LogP contribution in [0.25, 0.3) is 0 Å². The molecule has 98 valence electrons. The van der Waals surface area contributed by atoms with E-state index in [4.69, 9.17) is 4.74 Å². The quantitative estimate of drug-likeness (QED) is 0.750. The Hall–Kier alpha value is -0.390. The van der Waals surface area contributed by atoms with Gasteiger partial charge in [0.25, 0.3) is 0 Å². The van der Waals surface area contributed by atoms with Crippen LogP contribution in [0.4, 0.5) is 0 Å². The van der Waals surface area contributed by atoms with E-state index in [0.29, 0.717) is 0 Å². The second-order valence-corrected chi connectivity index (χ2v) is 4.68. The van der Waals surface area contributed by atoms with E-state index in [2.05, 4.69) is 33.3 Å². The molecule has 0 unspecified atom stereocenters. The summed E-state index contributed by atoms with van der Waals surface area (Å²) in [5.74, 6) is 0. The van der Waals surface area contributed by atoms with Gasteiger partial charge >= 0.3 is 0 Å². The molecular formula is C12H22BrN3O. The highest BCUT2D eigenvalue weighted by Crippen LogP contribution is 2.20. The van der Waals surface area contributed by atoms with Gasteiger partial charge in [-0.25, -0.2) is 0 Å². The van der Waals surface area contributed by atoms with Crippen LogP contribution >= 0.6 is 15.9 Å². The third-order valence-corrected chi connectivity index (χ3v) is 3.62. The first-order chi connectivity index (χ1) is 8.20. The fourth-order valence-electron chi connectivity index (χ4n) is 1.69. The lowest BCUT2D eigenvalue weighted by atomic mass is 10.3. The molecule has 1 aromatic heterocycles. The van der Waals surface area contributed by atoms with E-state index < -0.39 is 0 Å². The van der Waals surface area contributed by atoms with E-state index in [1.54, 1.807) is 0 Å². The monoisotopic (exact) mass is 303 g/mol. The lowest BCUT2D eigenvalue weighted by Gasteiger charge is -2.07. The zero-order valence-electron chi connectivity index (χ0n) is 10.9. The molecule has 1 aromatic rings. The minimum atomic E-state index is 0.799. The maximum absolute atomic E-state index is 5.29. The molecule has 0 saturated carbocycles. The number of aromatic nitrogens is 2. The highest BCUT2D eigenvalue weighted by Gasteiger charge is 2.10. The normalized spacial score (nSPS) is 11.1. The second-order valence-electron chi connectivity index (χ2n) is 3.89. The zero-order chi connectivity index (χ0) is 12.7. The first kappa shape index (κ1) is 14.7. The largest absolute Gasteiger partial charge is 0.382 e. The first-order valence-electron chi connectivity index (χ1n) is 6.20. The maximum Gasteiger partial charge on any atom is 0.0739 e. The van der Waals surface area contributed by atoms with E-state index in [1.807, 2.05) is 18.5 Å². The van der Waals surface area contributed by atoms with Crippen LogP contribution in [0.15, 0.2) is 4.47 Å². The third-order valence-electron chi connectivity index (χ3n) is 2.59. The molecule has 5 heteroatoms. The predicted molar refractivity (Wildman–Crippen MR) is 73.2 cm³/mol. The van der Waals surface area contributed by atoms with Gasteiger partial charge in [-0.3, -0.25) is 4.68 Å². The van der Waals surface area contributed by atoms with Crippen molar-refractivity contribution in [2.24, 2.45) is 0 Å². The van der Waals surface area contributed by atoms with E-state index in [0.717, 1.165) is 49.4 Å². The van der Waals surface area contributed by atoms with E-state index >= 15 is 0 Å². The summed E-state index contributed by atoms with van der Waals surface area (Å²) in [6, 6.07) is 0. The summed E-state index contributed by atoms with van der Waals surface area (Å²) in [6.07, 6.45) is 1.05. The Morgan fingerprint density at radius 3 is 2.82 bits per heavy atom. The average molecular weight is 304 g/mol. The molecule has 0 fully saturated rings. The summed E-state index contributed by atoms with van der Waals surface area (Å²) in [7, 11) is 0. The standard InChI is InChI=1S/C12H22BrN3O/c1-4-16-11(12(13)10(3)15-16)9-14-7-6-8-17-5-2/h14H,4-9H2,1-3H3. The van der Waals surface area contributed by atoms with Crippen LogP contribution in [0.5, 0.6) is 0 Å². The molecule has 17 heavy (non-hydrogen) atoms. The summed E-state index contributed by atoms with van der Waals surface area (Å²) >= 11 is 3.59. The van der Waals surface area contributed by atoms with Crippen molar-refractivity contribution in [2.75, 3.05) is 19.8 Å². The minimum Gasteiger partial charge on any atom is -0.382 e. The highest BCUT2D eigenvalue weighted by atomic mass is 79.9. The molecule has 1 heterocycles. The van der Waals surface area contributed by atoms with Gasteiger partial charge in [-0.1, -0.05) is 0 Å². The Bertz CT molecular complexity index is 339. The van der Waals surface area contributed by atoms with Gasteiger partial charge in [-0.05, 0) is 49.7 Å². The molecule has 0 aliphatic rings. The predicted octanol–water partition coefficient (Wildman–Crippen LogP) is 2.49. The molecule has 0 aromatic carbocycles. The van der Waals surface area contributed by atoms with Crippen molar-refractivity contribution < 1.29 is 4.74 Å². The number of nitrogens with one attached hydrogen (secondary N) is 1. The van der Waals surface area contributed by atoms with Crippen LogP contribution in [-0.4, -0.2) is 29.5 Å². The number of hydrogen-bond donors (Lipinski definition) is 1. The number of rotatable bonds is 8. The van der Waals surface area contributed by atoms with Crippen LogP contribution in [0.3, 0.4) is 0 Å². The fraction of sp³-hybridized carbons (Fsp3) is 0.750. The number of nitrogens with zero attached hydrogens (tertiary/aromatic N) is 2. The molecule has 0 atom stereocenters. The Kier molecular flexibility index (Phi) is 6.77. The molecule has 1 rings (SSSR count). The Balaban J connectivity index is 2.35. The van der Waals surface area contributed by atoms with Gasteiger partial charge in [0.15, 0.2) is 0 Å². The summed E-state index contributed by atoms with van der Waals surface area (Å²) in [4.78, 5) is 0. The summed E-state index contributed by atoms with van der Waals surface area (Å²) in [6.45, 7) is 10.5. The van der Waals surface area contributed by atoms with Crippen molar-refractivity contribution in [1.82, 2.24) is 15.1 Å². The van der Waals surface area contributed by atoms with Crippen molar-refractivity contribution in [2.45, 2.75) is 40.3 Å². The van der Waals surface area contributed by atoms with E-state index in [1.165, 1.54) is 5.69 Å². The van der Waals surface area contributed by atoms with Gasteiger partial charge in [0.2, 0.25) is 0 Å². The summed E-state index contributed by atoms with van der Waals surface area (Å²) in [5, 5.41) is 7.88. The van der Waals surface area contributed by atoms with Crippen molar-refractivity contribution in [3.05, 3.63) is 15.9 Å². The fourth-order valence-corrected chi connectivity index (χ4v) is 2.11. The average Bonchev–Trinajstić information content (AvgIpc) is 2.60. The lowest BCUT2D eigenvalue weighted by molar-refractivity contribution is 0.144. The van der Waals surface area contributed by atoms with Gasteiger partial charge in [-0.15, -0.1) is 0 Å². The van der Waals surface area contributed by atoms with Gasteiger partial charge in [0.1, 0.15) is 0 Å².